The number of anilines is 1. The number of ether oxygens (including phenoxy) is 1. The number of nitrogen functional groups attached to an aromatic ring is 1. The van der Waals surface area contributed by atoms with E-state index >= 15 is 0 Å². The molecule has 1 aromatic rings. The van der Waals surface area contributed by atoms with Crippen LogP contribution in [0.2, 0.25) is 0 Å². The molecule has 0 aromatic carbocycles. The number of hydrogen-bond donors (Lipinski definition) is 1. The molecule has 6 nitrogen and oxygen atoms in total. The minimum absolute atomic E-state index is 0.0594. The largest absolute Gasteiger partial charge is 0.477 e. The third-order valence-corrected chi connectivity index (χ3v) is 5.47. The number of sulfone groups is 1. The first-order valence-electron chi connectivity index (χ1n) is 8.69. The minimum atomic E-state index is -3.47. The highest BCUT2D eigenvalue weighted by molar-refractivity contribution is 7.91. The monoisotopic (exact) mass is 345 g/mol. The van der Waals surface area contributed by atoms with Crippen molar-refractivity contribution < 1.29 is 13.2 Å². The molecule has 0 unspecified atom stereocenters. The lowest BCUT2D eigenvalue weighted by Crippen LogP contribution is -2.12. The Morgan fingerprint density at radius 1 is 1.04 bits per heavy atom. The van der Waals surface area contributed by atoms with E-state index in [0.717, 1.165) is 38.5 Å². The van der Waals surface area contributed by atoms with Gasteiger partial charge in [-0.3, -0.25) is 0 Å². The van der Waals surface area contributed by atoms with Gasteiger partial charge in [0.25, 0.3) is 0 Å². The van der Waals surface area contributed by atoms with E-state index in [9.17, 15) is 8.42 Å². The Bertz CT molecular complexity index is 567. The van der Waals surface area contributed by atoms with Crippen LogP contribution in [0.3, 0.4) is 0 Å². The summed E-state index contributed by atoms with van der Waals surface area (Å²) in [4.78, 5) is 0.0820. The Morgan fingerprint density at radius 3 is 2.30 bits per heavy atom. The molecule has 134 valence electrons. The fourth-order valence-corrected chi connectivity index (χ4v) is 3.96. The van der Waals surface area contributed by atoms with Gasteiger partial charge in [0.2, 0.25) is 5.88 Å². The van der Waals surface area contributed by atoms with Gasteiger partial charge < -0.3 is 10.5 Å². The van der Waals surface area contributed by atoms with Crippen molar-refractivity contribution in [3.63, 3.8) is 0 Å². The standard InChI is InChI=1S/C16H31N3O3S/c1-4-7-9-11-19-16(22-12-6-3)14(15(17)18-19)23(20,21)13-10-8-5-2/h4-13H2,1-3H3,(H2,17,18). The van der Waals surface area contributed by atoms with Crippen molar-refractivity contribution in [3.8, 4) is 5.88 Å². The lowest BCUT2D eigenvalue weighted by Gasteiger charge is -2.11. The number of nitrogens with two attached hydrogens (primary N) is 1. The molecule has 1 rings (SSSR count). The second kappa shape index (κ2) is 9.80. The van der Waals surface area contributed by atoms with E-state index in [1.807, 2.05) is 13.8 Å². The predicted molar refractivity (Wildman–Crippen MR) is 93.5 cm³/mol. The molecule has 1 heterocycles. The zero-order valence-corrected chi connectivity index (χ0v) is 15.5. The molecule has 0 aliphatic heterocycles. The smallest absolute Gasteiger partial charge is 0.233 e. The van der Waals surface area contributed by atoms with Crippen LogP contribution in [-0.4, -0.2) is 30.6 Å². The summed E-state index contributed by atoms with van der Waals surface area (Å²) >= 11 is 0. The summed E-state index contributed by atoms with van der Waals surface area (Å²) in [5.74, 6) is 0.467. The molecule has 0 fully saturated rings. The van der Waals surface area contributed by atoms with Crippen LogP contribution in [-0.2, 0) is 16.4 Å². The molecule has 23 heavy (non-hydrogen) atoms. The summed E-state index contributed by atoms with van der Waals surface area (Å²) in [5.41, 5.74) is 5.92. The molecule has 0 radical (unpaired) electrons. The van der Waals surface area contributed by atoms with Crippen LogP contribution < -0.4 is 10.5 Å². The molecule has 0 atom stereocenters. The van der Waals surface area contributed by atoms with Crippen LogP contribution >= 0.6 is 0 Å². The average molecular weight is 346 g/mol. The van der Waals surface area contributed by atoms with Crippen molar-refractivity contribution in [2.24, 2.45) is 0 Å². The maximum absolute atomic E-state index is 12.6. The summed E-state index contributed by atoms with van der Waals surface area (Å²) in [5, 5.41) is 4.22. The molecule has 1 aromatic heterocycles. The van der Waals surface area contributed by atoms with Crippen molar-refractivity contribution in [1.82, 2.24) is 9.78 Å². The normalized spacial score (nSPS) is 11.8. The second-order valence-electron chi connectivity index (χ2n) is 5.82. The van der Waals surface area contributed by atoms with Gasteiger partial charge in [-0.1, -0.05) is 46.5 Å². The number of rotatable bonds is 12. The van der Waals surface area contributed by atoms with Crippen LogP contribution in [0.25, 0.3) is 0 Å². The van der Waals surface area contributed by atoms with E-state index < -0.39 is 9.84 Å². The van der Waals surface area contributed by atoms with E-state index in [-0.39, 0.29) is 16.5 Å². The van der Waals surface area contributed by atoms with Crippen molar-refractivity contribution >= 4 is 15.7 Å². The van der Waals surface area contributed by atoms with Gasteiger partial charge in [0.15, 0.2) is 20.6 Å². The highest BCUT2D eigenvalue weighted by Crippen LogP contribution is 2.31. The summed E-state index contributed by atoms with van der Waals surface area (Å²) in [6.45, 7) is 7.23. The number of hydrogen-bond acceptors (Lipinski definition) is 5. The SMILES string of the molecule is CCCCCn1nc(N)c(S(=O)(=O)CCCCC)c1OCCC. The van der Waals surface area contributed by atoms with Crippen molar-refractivity contribution in [3.05, 3.63) is 0 Å². The van der Waals surface area contributed by atoms with E-state index in [2.05, 4.69) is 12.0 Å². The van der Waals surface area contributed by atoms with E-state index in [0.29, 0.717) is 25.5 Å². The van der Waals surface area contributed by atoms with Gasteiger partial charge in [0.05, 0.1) is 12.4 Å². The number of unbranched alkanes of at least 4 members (excludes halogenated alkanes) is 4. The van der Waals surface area contributed by atoms with Crippen molar-refractivity contribution in [2.45, 2.75) is 77.2 Å². The van der Waals surface area contributed by atoms with Gasteiger partial charge in [-0.15, -0.1) is 0 Å². The molecule has 2 N–H and O–H groups in total. The Hall–Kier alpha value is -1.24. The van der Waals surface area contributed by atoms with Crippen molar-refractivity contribution in [1.29, 1.82) is 0 Å². The van der Waals surface area contributed by atoms with Crippen LogP contribution in [0.15, 0.2) is 4.90 Å². The van der Waals surface area contributed by atoms with Crippen LogP contribution in [0, 0.1) is 0 Å². The van der Waals surface area contributed by atoms with Gasteiger partial charge in [-0.2, -0.15) is 5.10 Å². The van der Waals surface area contributed by atoms with Gasteiger partial charge in [0, 0.05) is 6.54 Å². The quantitative estimate of drug-likeness (QED) is 0.587. The van der Waals surface area contributed by atoms with Crippen LogP contribution in [0.1, 0.15) is 65.7 Å². The molecule has 0 saturated carbocycles. The van der Waals surface area contributed by atoms with E-state index in [1.54, 1.807) is 4.68 Å². The van der Waals surface area contributed by atoms with E-state index in [1.165, 1.54) is 0 Å². The summed E-state index contributed by atoms with van der Waals surface area (Å²) in [6.07, 6.45) is 6.36. The zero-order chi connectivity index (χ0) is 17.3. The minimum Gasteiger partial charge on any atom is -0.477 e. The fraction of sp³-hybridized carbons (Fsp3) is 0.812. The Balaban J connectivity index is 3.07. The zero-order valence-electron chi connectivity index (χ0n) is 14.7. The third-order valence-electron chi connectivity index (χ3n) is 3.63. The first-order valence-corrected chi connectivity index (χ1v) is 10.3. The molecular formula is C16H31N3O3S. The van der Waals surface area contributed by atoms with Crippen LogP contribution in [0.4, 0.5) is 5.82 Å². The average Bonchev–Trinajstić information content (AvgIpc) is 2.82. The molecule has 0 spiro atoms. The van der Waals surface area contributed by atoms with Gasteiger partial charge in [0.1, 0.15) is 0 Å². The molecule has 0 aliphatic carbocycles. The number of aromatic nitrogens is 2. The lowest BCUT2D eigenvalue weighted by atomic mass is 10.2. The molecule has 0 aliphatic rings. The third kappa shape index (κ3) is 5.71. The molecule has 7 heteroatoms. The number of aryl methyl sites for hydroxylation is 1. The maximum Gasteiger partial charge on any atom is 0.233 e. The molecule has 0 bridgehead atoms. The second-order valence-corrected chi connectivity index (χ2v) is 7.87. The lowest BCUT2D eigenvalue weighted by molar-refractivity contribution is 0.274. The highest BCUT2D eigenvalue weighted by Gasteiger charge is 2.28. The first-order chi connectivity index (χ1) is 11.0. The summed E-state index contributed by atoms with van der Waals surface area (Å²) < 4.78 is 32.6. The van der Waals surface area contributed by atoms with E-state index in [4.69, 9.17) is 10.5 Å². The molecule has 0 saturated heterocycles. The fourth-order valence-electron chi connectivity index (χ4n) is 2.39. The Kier molecular flexibility index (Phi) is 8.44. The first kappa shape index (κ1) is 19.8. The van der Waals surface area contributed by atoms with Gasteiger partial charge >= 0.3 is 0 Å². The highest BCUT2D eigenvalue weighted by atomic mass is 32.2. The van der Waals surface area contributed by atoms with Crippen LogP contribution in [0.5, 0.6) is 5.88 Å². The Morgan fingerprint density at radius 2 is 1.70 bits per heavy atom. The molecule has 0 amide bonds. The van der Waals surface area contributed by atoms with Crippen molar-refractivity contribution in [2.75, 3.05) is 18.1 Å². The maximum atomic E-state index is 12.6. The topological polar surface area (TPSA) is 87.2 Å². The summed E-state index contributed by atoms with van der Waals surface area (Å²) in [6, 6.07) is 0. The Labute approximate surface area is 140 Å². The predicted octanol–water partition coefficient (Wildman–Crippen LogP) is 3.41. The van der Waals surface area contributed by atoms with Gasteiger partial charge in [-0.25, -0.2) is 13.1 Å². The molecular weight excluding hydrogens is 314 g/mol. The van der Waals surface area contributed by atoms with Gasteiger partial charge in [-0.05, 0) is 19.3 Å². The summed E-state index contributed by atoms with van der Waals surface area (Å²) in [7, 11) is -3.47. The number of nitrogens with zero attached hydrogens (tertiary/aromatic N) is 2.